The molecule has 3 aromatic rings. The molecule has 0 aromatic heterocycles. The molecule has 1 aliphatic heterocycles. The number of carbonyl (C=O) groups is 3. The van der Waals surface area contributed by atoms with Crippen LogP contribution in [-0.2, 0) is 27.3 Å². The Kier molecular flexibility index (Phi) is 6.46. The van der Waals surface area contributed by atoms with Crippen LogP contribution in [-0.4, -0.2) is 35.3 Å². The van der Waals surface area contributed by atoms with Gasteiger partial charge < -0.3 is 15.0 Å². The number of hydrogen-bond donors (Lipinski definition) is 1. The van der Waals surface area contributed by atoms with Gasteiger partial charge in [0.15, 0.2) is 6.61 Å². The smallest absolute Gasteiger partial charge is 0.329 e. The SMILES string of the molecule is N#Cc1ccc(NC(=O)COC(=O)[C@H]2Cc3ccccc3CN2C(=O)c2ccccc2)cc1. The summed E-state index contributed by atoms with van der Waals surface area (Å²) in [5.41, 5.74) is 3.39. The van der Waals surface area contributed by atoms with Crippen molar-refractivity contribution in [1.29, 1.82) is 5.26 Å². The Hall–Kier alpha value is -4.44. The molecule has 1 aliphatic rings. The summed E-state index contributed by atoms with van der Waals surface area (Å²) in [4.78, 5) is 39.9. The number of ether oxygens (including phenoxy) is 1. The summed E-state index contributed by atoms with van der Waals surface area (Å²) in [7, 11) is 0. The van der Waals surface area contributed by atoms with Crippen LogP contribution in [0.1, 0.15) is 27.0 Å². The first-order valence-corrected chi connectivity index (χ1v) is 10.4. The molecule has 4 rings (SSSR count). The summed E-state index contributed by atoms with van der Waals surface area (Å²) >= 11 is 0. The van der Waals surface area contributed by atoms with E-state index in [0.717, 1.165) is 11.1 Å². The van der Waals surface area contributed by atoms with Crippen LogP contribution >= 0.6 is 0 Å². The lowest BCUT2D eigenvalue weighted by Crippen LogP contribution is -2.49. The van der Waals surface area contributed by atoms with E-state index in [1.54, 1.807) is 48.5 Å². The fraction of sp³-hybridized carbons (Fsp3) is 0.154. The van der Waals surface area contributed by atoms with Gasteiger partial charge in [0.05, 0.1) is 11.6 Å². The van der Waals surface area contributed by atoms with Crippen LogP contribution in [0.25, 0.3) is 0 Å². The van der Waals surface area contributed by atoms with Crippen LogP contribution in [0.3, 0.4) is 0 Å². The zero-order valence-electron chi connectivity index (χ0n) is 17.7. The van der Waals surface area contributed by atoms with E-state index in [1.807, 2.05) is 36.4 Å². The molecule has 0 spiro atoms. The van der Waals surface area contributed by atoms with Crippen LogP contribution in [0.5, 0.6) is 0 Å². The highest BCUT2D eigenvalue weighted by molar-refractivity contribution is 5.98. The van der Waals surface area contributed by atoms with Crippen molar-refractivity contribution in [2.75, 3.05) is 11.9 Å². The fourth-order valence-corrected chi connectivity index (χ4v) is 3.75. The van der Waals surface area contributed by atoms with Crippen LogP contribution < -0.4 is 5.32 Å². The van der Waals surface area contributed by atoms with Crippen LogP contribution in [0.2, 0.25) is 0 Å². The first-order valence-electron chi connectivity index (χ1n) is 10.4. The van der Waals surface area contributed by atoms with Crippen molar-refractivity contribution < 1.29 is 19.1 Å². The standard InChI is InChI=1S/C26H21N3O4/c27-15-18-10-12-22(13-11-18)28-24(30)17-33-26(32)23-14-20-8-4-5-9-21(20)16-29(23)25(31)19-6-2-1-3-7-19/h1-13,23H,14,16-17H2,(H,28,30)/t23-/m1/s1. The van der Waals surface area contributed by atoms with E-state index >= 15 is 0 Å². The maximum atomic E-state index is 13.2. The number of nitrogens with one attached hydrogen (secondary N) is 1. The van der Waals surface area contributed by atoms with Crippen LogP contribution in [0.15, 0.2) is 78.9 Å². The minimum atomic E-state index is -0.838. The van der Waals surface area contributed by atoms with Gasteiger partial charge in [0.2, 0.25) is 0 Å². The molecule has 0 radical (unpaired) electrons. The molecule has 0 unspecified atom stereocenters. The molecule has 7 nitrogen and oxygen atoms in total. The third-order valence-corrected chi connectivity index (χ3v) is 5.45. The second-order valence-electron chi connectivity index (χ2n) is 7.63. The number of nitriles is 1. The Labute approximate surface area is 191 Å². The van der Waals surface area contributed by atoms with Crippen molar-refractivity contribution in [3.8, 4) is 6.07 Å². The summed E-state index contributed by atoms with van der Waals surface area (Å²) in [6, 6.07) is 23.9. The van der Waals surface area contributed by atoms with Gasteiger partial charge in [0.1, 0.15) is 6.04 Å². The summed E-state index contributed by atoms with van der Waals surface area (Å²) in [5, 5.41) is 11.5. The zero-order valence-corrected chi connectivity index (χ0v) is 17.7. The van der Waals surface area contributed by atoms with E-state index in [0.29, 0.717) is 23.2 Å². The molecule has 0 aliphatic carbocycles. The quantitative estimate of drug-likeness (QED) is 0.615. The molecular formula is C26H21N3O4. The summed E-state index contributed by atoms with van der Waals surface area (Å²) in [6.07, 6.45) is 0.310. The lowest BCUT2D eigenvalue weighted by atomic mass is 9.93. The monoisotopic (exact) mass is 439 g/mol. The minimum Gasteiger partial charge on any atom is -0.454 e. The number of rotatable bonds is 5. The van der Waals surface area contributed by atoms with Crippen molar-refractivity contribution in [2.45, 2.75) is 19.0 Å². The first-order chi connectivity index (χ1) is 16.0. The normalized spacial score (nSPS) is 14.5. The minimum absolute atomic E-state index is 0.269. The van der Waals surface area contributed by atoms with Gasteiger partial charge in [-0.1, -0.05) is 42.5 Å². The fourth-order valence-electron chi connectivity index (χ4n) is 3.75. The maximum Gasteiger partial charge on any atom is 0.329 e. The Morgan fingerprint density at radius 3 is 2.30 bits per heavy atom. The highest BCUT2D eigenvalue weighted by atomic mass is 16.5. The Morgan fingerprint density at radius 1 is 0.939 bits per heavy atom. The molecule has 2 amide bonds. The third kappa shape index (κ3) is 5.08. The Balaban J connectivity index is 1.46. The second kappa shape index (κ2) is 9.79. The van der Waals surface area contributed by atoms with E-state index in [1.165, 1.54) is 4.90 Å². The van der Waals surface area contributed by atoms with Gasteiger partial charge in [-0.2, -0.15) is 5.26 Å². The molecule has 3 aromatic carbocycles. The highest BCUT2D eigenvalue weighted by Gasteiger charge is 2.36. The number of anilines is 1. The van der Waals surface area contributed by atoms with Gasteiger partial charge in [-0.3, -0.25) is 9.59 Å². The number of fused-ring (bicyclic) bond motifs is 1. The molecular weight excluding hydrogens is 418 g/mol. The van der Waals surface area contributed by atoms with Crippen LogP contribution in [0.4, 0.5) is 5.69 Å². The van der Waals surface area contributed by atoms with E-state index in [4.69, 9.17) is 10.00 Å². The van der Waals surface area contributed by atoms with Gasteiger partial charge >= 0.3 is 5.97 Å². The summed E-state index contributed by atoms with van der Waals surface area (Å²) in [6.45, 7) is -0.203. The number of esters is 1. The lowest BCUT2D eigenvalue weighted by molar-refractivity contribution is -0.152. The Morgan fingerprint density at radius 2 is 1.61 bits per heavy atom. The maximum absolute atomic E-state index is 13.2. The molecule has 7 heteroatoms. The average molecular weight is 439 g/mol. The number of nitrogens with zero attached hydrogens (tertiary/aromatic N) is 2. The lowest BCUT2D eigenvalue weighted by Gasteiger charge is -2.35. The molecule has 0 saturated heterocycles. The number of carbonyl (C=O) groups excluding carboxylic acids is 3. The van der Waals surface area contributed by atoms with Crippen molar-refractivity contribution in [1.82, 2.24) is 4.90 Å². The molecule has 1 heterocycles. The first kappa shape index (κ1) is 21.8. The molecule has 0 fully saturated rings. The van der Waals surface area contributed by atoms with E-state index in [-0.39, 0.29) is 12.5 Å². The third-order valence-electron chi connectivity index (χ3n) is 5.45. The number of benzene rings is 3. The molecule has 1 atom stereocenters. The van der Waals surface area contributed by atoms with E-state index in [9.17, 15) is 14.4 Å². The number of hydrogen-bond acceptors (Lipinski definition) is 5. The molecule has 0 saturated carbocycles. The molecule has 1 N–H and O–H groups in total. The summed E-state index contributed by atoms with van der Waals surface area (Å²) in [5.74, 6) is -1.41. The van der Waals surface area contributed by atoms with Crippen LogP contribution in [0, 0.1) is 11.3 Å². The van der Waals surface area contributed by atoms with E-state index < -0.39 is 24.5 Å². The predicted molar refractivity (Wildman–Crippen MR) is 121 cm³/mol. The van der Waals surface area contributed by atoms with Crippen molar-refractivity contribution in [3.05, 3.63) is 101 Å². The Bertz CT molecular complexity index is 1220. The van der Waals surface area contributed by atoms with E-state index in [2.05, 4.69) is 5.32 Å². The topological polar surface area (TPSA) is 99.5 Å². The molecule has 164 valence electrons. The second-order valence-corrected chi connectivity index (χ2v) is 7.63. The van der Waals surface area contributed by atoms with Gasteiger partial charge in [-0.05, 0) is 47.5 Å². The predicted octanol–water partition coefficient (Wildman–Crippen LogP) is 3.31. The molecule has 33 heavy (non-hydrogen) atoms. The van der Waals surface area contributed by atoms with Crippen molar-refractivity contribution in [3.63, 3.8) is 0 Å². The van der Waals surface area contributed by atoms with Gasteiger partial charge in [0, 0.05) is 24.2 Å². The zero-order chi connectivity index (χ0) is 23.2. The summed E-state index contributed by atoms with van der Waals surface area (Å²) < 4.78 is 5.29. The van der Waals surface area contributed by atoms with Crippen molar-refractivity contribution in [2.24, 2.45) is 0 Å². The largest absolute Gasteiger partial charge is 0.454 e. The number of amides is 2. The average Bonchev–Trinajstić information content (AvgIpc) is 2.87. The van der Waals surface area contributed by atoms with Gasteiger partial charge in [-0.25, -0.2) is 4.79 Å². The van der Waals surface area contributed by atoms with Crippen molar-refractivity contribution >= 4 is 23.5 Å². The van der Waals surface area contributed by atoms with Gasteiger partial charge in [0.25, 0.3) is 11.8 Å². The molecule has 0 bridgehead atoms. The highest BCUT2D eigenvalue weighted by Crippen LogP contribution is 2.26. The van der Waals surface area contributed by atoms with Gasteiger partial charge in [-0.15, -0.1) is 0 Å².